The largest absolute Gasteiger partial charge is 0.494 e. The maximum absolute atomic E-state index is 5.94. The molecule has 0 fully saturated rings. The molecule has 0 aliphatic carbocycles. The number of hydrogen-bond acceptors (Lipinski definition) is 3. The molecule has 2 heterocycles. The molecule has 3 nitrogen and oxygen atoms in total. The molecule has 4 rings (SSSR count). The Morgan fingerprint density at radius 1 is 0.966 bits per heavy atom. The number of hydrogen-bond donors (Lipinski definition) is 0. The van der Waals surface area contributed by atoms with Crippen LogP contribution >= 0.6 is 11.3 Å². The van der Waals surface area contributed by atoms with Crippen molar-refractivity contribution in [3.05, 3.63) is 82.3 Å². The van der Waals surface area contributed by atoms with Crippen molar-refractivity contribution in [3.8, 4) is 5.75 Å². The number of ether oxygens (including phenoxy) is 1. The van der Waals surface area contributed by atoms with Gasteiger partial charge < -0.3 is 9.30 Å². The van der Waals surface area contributed by atoms with Crippen LogP contribution < -0.4 is 4.74 Å². The third-order valence-corrected chi connectivity index (χ3v) is 6.11. The highest BCUT2D eigenvalue weighted by Gasteiger charge is 2.11. The van der Waals surface area contributed by atoms with E-state index < -0.39 is 0 Å². The number of rotatable bonds is 9. The van der Waals surface area contributed by atoms with E-state index >= 15 is 0 Å². The molecule has 0 saturated carbocycles. The Labute approximate surface area is 177 Å². The average Bonchev–Trinajstić information content (AvgIpc) is 3.36. The van der Waals surface area contributed by atoms with Crippen LogP contribution in [0, 0.1) is 0 Å². The zero-order valence-electron chi connectivity index (χ0n) is 17.2. The number of aromatic nitrogens is 2. The van der Waals surface area contributed by atoms with Gasteiger partial charge in [0.2, 0.25) is 0 Å². The smallest absolute Gasteiger partial charge is 0.119 e. The Kier molecular flexibility index (Phi) is 6.30. The monoisotopic (exact) mass is 404 g/mol. The lowest BCUT2D eigenvalue weighted by Gasteiger charge is -2.11. The molecular weight excluding hydrogens is 376 g/mol. The summed E-state index contributed by atoms with van der Waals surface area (Å²) < 4.78 is 8.32. The van der Waals surface area contributed by atoms with E-state index in [1.807, 2.05) is 0 Å². The molecule has 0 N–H and O–H groups in total. The number of imidazole rings is 1. The third kappa shape index (κ3) is 4.88. The minimum absolute atomic E-state index is 0.553. The molecule has 0 aliphatic rings. The van der Waals surface area contributed by atoms with Gasteiger partial charge in [-0.2, -0.15) is 0 Å². The van der Waals surface area contributed by atoms with Crippen molar-refractivity contribution in [2.75, 3.05) is 6.61 Å². The first kappa shape index (κ1) is 19.7. The summed E-state index contributed by atoms with van der Waals surface area (Å²) in [6.45, 7) is 6.13. The Morgan fingerprint density at radius 2 is 1.79 bits per heavy atom. The number of aryl methyl sites for hydroxylation is 1. The summed E-state index contributed by atoms with van der Waals surface area (Å²) in [4.78, 5) is 6.25. The molecule has 2 aromatic heterocycles. The van der Waals surface area contributed by atoms with Crippen LogP contribution in [0.5, 0.6) is 5.75 Å². The quantitative estimate of drug-likeness (QED) is 0.291. The van der Waals surface area contributed by atoms with E-state index in [2.05, 4.69) is 84.5 Å². The molecule has 0 spiro atoms. The number of para-hydroxylation sites is 2. The lowest BCUT2D eigenvalue weighted by molar-refractivity contribution is 0.303. The van der Waals surface area contributed by atoms with Gasteiger partial charge in [-0.15, -0.1) is 11.3 Å². The summed E-state index contributed by atoms with van der Waals surface area (Å²) >= 11 is 1.80. The van der Waals surface area contributed by atoms with Crippen LogP contribution in [0.1, 0.15) is 48.9 Å². The fourth-order valence-corrected chi connectivity index (χ4v) is 4.29. The predicted molar refractivity (Wildman–Crippen MR) is 122 cm³/mol. The molecule has 2 aromatic carbocycles. The molecule has 0 bridgehead atoms. The van der Waals surface area contributed by atoms with Gasteiger partial charge in [0.05, 0.1) is 17.6 Å². The van der Waals surface area contributed by atoms with Crippen molar-refractivity contribution in [1.29, 1.82) is 0 Å². The highest BCUT2D eigenvalue weighted by molar-refractivity contribution is 7.09. The topological polar surface area (TPSA) is 27.1 Å². The van der Waals surface area contributed by atoms with Crippen molar-refractivity contribution in [1.82, 2.24) is 9.55 Å². The maximum atomic E-state index is 5.94. The predicted octanol–water partition coefficient (Wildman–Crippen LogP) is 6.67. The van der Waals surface area contributed by atoms with Gasteiger partial charge in [0, 0.05) is 17.8 Å². The highest BCUT2D eigenvalue weighted by atomic mass is 32.1. The molecule has 29 heavy (non-hydrogen) atoms. The fourth-order valence-electron chi connectivity index (χ4n) is 3.59. The second-order valence-corrected chi connectivity index (χ2v) is 8.74. The van der Waals surface area contributed by atoms with Gasteiger partial charge in [-0.25, -0.2) is 4.98 Å². The molecule has 4 heteroatoms. The lowest BCUT2D eigenvalue weighted by Crippen LogP contribution is -2.06. The first-order valence-electron chi connectivity index (χ1n) is 10.4. The van der Waals surface area contributed by atoms with Crippen molar-refractivity contribution in [2.45, 2.75) is 45.6 Å². The lowest BCUT2D eigenvalue weighted by atomic mass is 10.0. The van der Waals surface area contributed by atoms with Gasteiger partial charge in [-0.05, 0) is 60.0 Å². The minimum Gasteiger partial charge on any atom is -0.494 e. The zero-order chi connectivity index (χ0) is 20.1. The van der Waals surface area contributed by atoms with E-state index in [0.717, 1.165) is 49.5 Å². The van der Waals surface area contributed by atoms with Gasteiger partial charge in [0.15, 0.2) is 0 Å². The summed E-state index contributed by atoms with van der Waals surface area (Å²) in [7, 11) is 0. The van der Waals surface area contributed by atoms with Crippen molar-refractivity contribution < 1.29 is 4.74 Å². The minimum atomic E-state index is 0.553. The van der Waals surface area contributed by atoms with Crippen LogP contribution in [0.25, 0.3) is 11.0 Å². The van der Waals surface area contributed by atoms with Gasteiger partial charge in [0.25, 0.3) is 0 Å². The number of thiophene rings is 1. The fraction of sp³-hybridized carbons (Fsp3) is 0.320. The van der Waals surface area contributed by atoms with Crippen molar-refractivity contribution >= 4 is 22.4 Å². The number of fused-ring (bicyclic) bond motifs is 1. The summed E-state index contributed by atoms with van der Waals surface area (Å²) in [6.07, 6.45) is 2.99. The summed E-state index contributed by atoms with van der Waals surface area (Å²) in [6, 6.07) is 21.2. The Bertz CT molecular complexity index is 1030. The van der Waals surface area contributed by atoms with Crippen LogP contribution in [0.4, 0.5) is 0 Å². The Morgan fingerprint density at radius 3 is 2.55 bits per heavy atom. The number of benzene rings is 2. The molecule has 0 unspecified atom stereocenters. The van der Waals surface area contributed by atoms with Crippen molar-refractivity contribution in [3.63, 3.8) is 0 Å². The molecule has 0 saturated heterocycles. The standard InChI is InChI=1S/C25H28N2OS/c1-19(2)20-11-13-21(14-12-20)28-16-6-5-15-27-24-10-4-3-9-23(24)26-25(27)18-22-8-7-17-29-22/h3-4,7-14,17,19H,5-6,15-16,18H2,1-2H3. The Hall–Kier alpha value is -2.59. The van der Waals surface area contributed by atoms with E-state index in [-0.39, 0.29) is 0 Å². The van der Waals surface area contributed by atoms with Crippen LogP contribution in [0.15, 0.2) is 66.0 Å². The number of unbranched alkanes of at least 4 members (excludes halogenated alkanes) is 1. The first-order valence-corrected chi connectivity index (χ1v) is 11.3. The van der Waals surface area contributed by atoms with E-state index in [1.54, 1.807) is 11.3 Å². The van der Waals surface area contributed by atoms with E-state index in [4.69, 9.17) is 9.72 Å². The molecule has 0 amide bonds. The van der Waals surface area contributed by atoms with Gasteiger partial charge in [-0.3, -0.25) is 0 Å². The SMILES string of the molecule is CC(C)c1ccc(OCCCCn2c(Cc3cccs3)nc3ccccc32)cc1. The summed E-state index contributed by atoms with van der Waals surface area (Å²) in [5.41, 5.74) is 3.66. The zero-order valence-corrected chi connectivity index (χ0v) is 18.0. The summed E-state index contributed by atoms with van der Waals surface area (Å²) in [5.74, 6) is 2.66. The average molecular weight is 405 g/mol. The molecule has 0 atom stereocenters. The van der Waals surface area contributed by atoms with Crippen LogP contribution in [-0.2, 0) is 13.0 Å². The van der Waals surface area contributed by atoms with Crippen LogP contribution in [0.3, 0.4) is 0 Å². The normalized spacial score (nSPS) is 11.4. The Balaban J connectivity index is 1.35. The molecule has 0 aliphatic heterocycles. The van der Waals surface area contributed by atoms with Gasteiger partial charge in [0.1, 0.15) is 11.6 Å². The first-order chi connectivity index (χ1) is 14.2. The second kappa shape index (κ2) is 9.27. The molecule has 4 aromatic rings. The summed E-state index contributed by atoms with van der Waals surface area (Å²) in [5, 5.41) is 2.13. The highest BCUT2D eigenvalue weighted by Crippen LogP contribution is 2.22. The van der Waals surface area contributed by atoms with E-state index in [9.17, 15) is 0 Å². The molecular formula is C25H28N2OS. The maximum Gasteiger partial charge on any atom is 0.119 e. The van der Waals surface area contributed by atoms with Crippen LogP contribution in [0.2, 0.25) is 0 Å². The van der Waals surface area contributed by atoms with Crippen molar-refractivity contribution in [2.24, 2.45) is 0 Å². The van der Waals surface area contributed by atoms with Gasteiger partial charge in [-0.1, -0.05) is 44.2 Å². The molecule has 0 radical (unpaired) electrons. The van der Waals surface area contributed by atoms with E-state index in [1.165, 1.54) is 16.0 Å². The van der Waals surface area contributed by atoms with Crippen LogP contribution in [-0.4, -0.2) is 16.2 Å². The molecule has 150 valence electrons. The second-order valence-electron chi connectivity index (χ2n) is 7.70. The third-order valence-electron chi connectivity index (χ3n) is 5.24. The number of nitrogens with zero attached hydrogens (tertiary/aromatic N) is 2. The van der Waals surface area contributed by atoms with Gasteiger partial charge >= 0.3 is 0 Å². The van der Waals surface area contributed by atoms with E-state index in [0.29, 0.717) is 5.92 Å².